The molecule has 0 amide bonds. The third-order valence-electron chi connectivity index (χ3n) is 2.35. The molecule has 90 valence electrons. The summed E-state index contributed by atoms with van der Waals surface area (Å²) in [6, 6.07) is 6.02. The van der Waals surface area contributed by atoms with E-state index in [1.54, 1.807) is 12.1 Å². The van der Waals surface area contributed by atoms with Crippen LogP contribution in [0, 0.1) is 5.82 Å². The van der Waals surface area contributed by atoms with E-state index in [0.717, 1.165) is 18.4 Å². The normalized spacial score (nSPS) is 12.6. The lowest BCUT2D eigenvalue weighted by Crippen LogP contribution is -1.89. The van der Waals surface area contributed by atoms with Crippen LogP contribution >= 0.6 is 15.9 Å². The molecule has 0 saturated carbocycles. The zero-order valence-electron chi connectivity index (χ0n) is 9.36. The van der Waals surface area contributed by atoms with Gasteiger partial charge in [-0.25, -0.2) is 4.39 Å². The Morgan fingerprint density at radius 3 is 2.71 bits per heavy atom. The molecule has 0 saturated heterocycles. The van der Waals surface area contributed by atoms with Gasteiger partial charge in [-0.2, -0.15) is 4.98 Å². The van der Waals surface area contributed by atoms with Crippen molar-refractivity contribution in [2.45, 2.75) is 24.6 Å². The predicted octanol–water partition coefficient (Wildman–Crippen LogP) is 4.11. The van der Waals surface area contributed by atoms with Gasteiger partial charge in [-0.3, -0.25) is 0 Å². The summed E-state index contributed by atoms with van der Waals surface area (Å²) >= 11 is 3.49. The average molecular weight is 299 g/mol. The zero-order chi connectivity index (χ0) is 12.3. The summed E-state index contributed by atoms with van der Waals surface area (Å²) in [6.07, 6.45) is 1.97. The second-order valence-corrected chi connectivity index (χ2v) is 4.82. The van der Waals surface area contributed by atoms with E-state index < -0.39 is 0 Å². The second-order valence-electron chi connectivity index (χ2n) is 3.72. The van der Waals surface area contributed by atoms with Gasteiger partial charge < -0.3 is 4.52 Å². The maximum atomic E-state index is 12.8. The fraction of sp³-hybridized carbons (Fsp3) is 0.333. The van der Waals surface area contributed by atoms with Gasteiger partial charge in [0.25, 0.3) is 0 Å². The third kappa shape index (κ3) is 2.91. The molecule has 3 nitrogen and oxygen atoms in total. The Hall–Kier alpha value is -1.23. The molecule has 5 heteroatoms. The summed E-state index contributed by atoms with van der Waals surface area (Å²) in [4.78, 5) is 4.36. The van der Waals surface area contributed by atoms with Crippen LogP contribution in [-0.2, 0) is 0 Å². The molecule has 2 rings (SSSR count). The predicted molar refractivity (Wildman–Crippen MR) is 66.3 cm³/mol. The van der Waals surface area contributed by atoms with Crippen LogP contribution in [0.2, 0.25) is 0 Å². The molecule has 0 fully saturated rings. The van der Waals surface area contributed by atoms with Gasteiger partial charge in [0.1, 0.15) is 5.82 Å². The number of benzene rings is 1. The standard InChI is InChI=1S/C12H12BrFN2O/c1-2-3-10(13)12-15-11(16-17-12)8-4-6-9(14)7-5-8/h4-7,10H,2-3H2,1H3. The van der Waals surface area contributed by atoms with Crippen LogP contribution in [0.4, 0.5) is 4.39 Å². The number of rotatable bonds is 4. The molecule has 1 aromatic heterocycles. The van der Waals surface area contributed by atoms with Crippen molar-refractivity contribution in [3.05, 3.63) is 36.0 Å². The lowest BCUT2D eigenvalue weighted by Gasteiger charge is -1.99. The topological polar surface area (TPSA) is 38.9 Å². The fourth-order valence-corrected chi connectivity index (χ4v) is 2.10. The monoisotopic (exact) mass is 298 g/mol. The molecule has 0 aliphatic carbocycles. The minimum atomic E-state index is -0.276. The van der Waals surface area contributed by atoms with Gasteiger partial charge in [-0.05, 0) is 30.7 Å². The molecule has 0 aliphatic rings. The van der Waals surface area contributed by atoms with E-state index in [9.17, 15) is 4.39 Å². The maximum absolute atomic E-state index is 12.8. The van der Waals surface area contributed by atoms with E-state index in [-0.39, 0.29) is 10.6 Å². The van der Waals surface area contributed by atoms with Gasteiger partial charge >= 0.3 is 0 Å². The lowest BCUT2D eigenvalue weighted by atomic mass is 10.2. The lowest BCUT2D eigenvalue weighted by molar-refractivity contribution is 0.374. The highest BCUT2D eigenvalue weighted by molar-refractivity contribution is 9.09. The first-order valence-electron chi connectivity index (χ1n) is 5.44. The number of aromatic nitrogens is 2. The molecule has 17 heavy (non-hydrogen) atoms. The smallest absolute Gasteiger partial charge is 0.240 e. The van der Waals surface area contributed by atoms with Crippen LogP contribution in [0.25, 0.3) is 11.4 Å². The number of nitrogens with zero attached hydrogens (tertiary/aromatic N) is 2. The highest BCUT2D eigenvalue weighted by Crippen LogP contribution is 2.27. The molecule has 1 aromatic carbocycles. The van der Waals surface area contributed by atoms with Crippen molar-refractivity contribution in [2.75, 3.05) is 0 Å². The zero-order valence-corrected chi connectivity index (χ0v) is 10.9. The minimum Gasteiger partial charge on any atom is -0.338 e. The Kier molecular flexibility index (Phi) is 3.89. The van der Waals surface area contributed by atoms with E-state index in [1.807, 2.05) is 0 Å². The minimum absolute atomic E-state index is 0.0780. The van der Waals surface area contributed by atoms with E-state index in [1.165, 1.54) is 12.1 Å². The molecular formula is C12H12BrFN2O. The van der Waals surface area contributed by atoms with Crippen LogP contribution in [0.3, 0.4) is 0 Å². The summed E-state index contributed by atoms with van der Waals surface area (Å²) in [7, 11) is 0. The highest BCUT2D eigenvalue weighted by atomic mass is 79.9. The Morgan fingerprint density at radius 2 is 2.06 bits per heavy atom. The third-order valence-corrected chi connectivity index (χ3v) is 3.20. The van der Waals surface area contributed by atoms with E-state index in [0.29, 0.717) is 11.7 Å². The van der Waals surface area contributed by atoms with Crippen LogP contribution in [0.5, 0.6) is 0 Å². The van der Waals surface area contributed by atoms with Crippen molar-refractivity contribution in [3.63, 3.8) is 0 Å². The van der Waals surface area contributed by atoms with Crippen LogP contribution in [0.1, 0.15) is 30.5 Å². The van der Waals surface area contributed by atoms with Crippen LogP contribution in [-0.4, -0.2) is 10.1 Å². The van der Waals surface area contributed by atoms with Crippen molar-refractivity contribution < 1.29 is 8.91 Å². The maximum Gasteiger partial charge on any atom is 0.240 e. The molecule has 0 aliphatic heterocycles. The molecule has 1 unspecified atom stereocenters. The molecule has 2 aromatic rings. The Labute approximate surface area is 107 Å². The van der Waals surface area contributed by atoms with E-state index in [4.69, 9.17) is 4.52 Å². The fourth-order valence-electron chi connectivity index (χ4n) is 1.46. The van der Waals surface area contributed by atoms with Gasteiger partial charge in [0.15, 0.2) is 0 Å². The quantitative estimate of drug-likeness (QED) is 0.797. The van der Waals surface area contributed by atoms with Gasteiger partial charge in [-0.15, -0.1) is 0 Å². The van der Waals surface area contributed by atoms with Gasteiger partial charge in [-0.1, -0.05) is 34.4 Å². The Bertz CT molecular complexity index is 484. The molecule has 0 bridgehead atoms. The van der Waals surface area contributed by atoms with Crippen molar-refractivity contribution in [1.29, 1.82) is 0 Å². The largest absolute Gasteiger partial charge is 0.338 e. The molecule has 0 N–H and O–H groups in total. The Morgan fingerprint density at radius 1 is 1.35 bits per heavy atom. The van der Waals surface area contributed by atoms with Crippen LogP contribution in [0.15, 0.2) is 28.8 Å². The molecule has 1 heterocycles. The van der Waals surface area contributed by atoms with Gasteiger partial charge in [0.05, 0.1) is 4.83 Å². The van der Waals surface area contributed by atoms with E-state index in [2.05, 4.69) is 33.0 Å². The summed E-state index contributed by atoms with van der Waals surface area (Å²) in [5, 5.41) is 3.88. The van der Waals surface area contributed by atoms with Crippen molar-refractivity contribution in [1.82, 2.24) is 10.1 Å². The molecule has 0 radical (unpaired) electrons. The van der Waals surface area contributed by atoms with Crippen molar-refractivity contribution in [3.8, 4) is 11.4 Å². The van der Waals surface area contributed by atoms with Crippen molar-refractivity contribution >= 4 is 15.9 Å². The number of hydrogen-bond acceptors (Lipinski definition) is 3. The first-order chi connectivity index (χ1) is 8.20. The highest BCUT2D eigenvalue weighted by Gasteiger charge is 2.15. The first-order valence-corrected chi connectivity index (χ1v) is 6.36. The molecular weight excluding hydrogens is 287 g/mol. The Balaban J connectivity index is 2.20. The van der Waals surface area contributed by atoms with Crippen molar-refractivity contribution in [2.24, 2.45) is 0 Å². The number of halogens is 2. The van der Waals surface area contributed by atoms with E-state index >= 15 is 0 Å². The second kappa shape index (κ2) is 5.40. The SMILES string of the molecule is CCCC(Br)c1nc(-c2ccc(F)cc2)no1. The first kappa shape index (κ1) is 12.2. The number of alkyl halides is 1. The van der Waals surface area contributed by atoms with Gasteiger partial charge in [0.2, 0.25) is 11.7 Å². The molecule has 1 atom stereocenters. The molecule has 0 spiro atoms. The summed E-state index contributed by atoms with van der Waals surface area (Å²) in [5.74, 6) is 0.772. The summed E-state index contributed by atoms with van der Waals surface area (Å²) < 4.78 is 17.9. The average Bonchev–Trinajstić information content (AvgIpc) is 2.80. The van der Waals surface area contributed by atoms with Gasteiger partial charge in [0, 0.05) is 5.56 Å². The number of hydrogen-bond donors (Lipinski definition) is 0. The van der Waals surface area contributed by atoms with Crippen LogP contribution < -0.4 is 0 Å². The summed E-state index contributed by atoms with van der Waals surface area (Å²) in [6.45, 7) is 2.09. The summed E-state index contributed by atoms with van der Waals surface area (Å²) in [5.41, 5.74) is 0.748.